The van der Waals surface area contributed by atoms with E-state index in [1.165, 1.54) is 42.5 Å². The molecule has 0 unspecified atom stereocenters. The zero-order valence-electron chi connectivity index (χ0n) is 18.9. The lowest BCUT2D eigenvalue weighted by Gasteiger charge is -2.12. The Hall–Kier alpha value is -4.86. The highest BCUT2D eigenvalue weighted by Crippen LogP contribution is 2.16. The number of para-hydroxylation sites is 1. The number of rotatable bonds is 8. The van der Waals surface area contributed by atoms with E-state index in [1.54, 1.807) is 18.2 Å². The van der Waals surface area contributed by atoms with Gasteiger partial charge in [0.05, 0.1) is 16.7 Å². The van der Waals surface area contributed by atoms with Crippen LogP contribution in [0, 0.1) is 15.9 Å². The van der Waals surface area contributed by atoms with Gasteiger partial charge in [-0.2, -0.15) is 5.10 Å². The van der Waals surface area contributed by atoms with Crippen molar-refractivity contribution in [3.05, 3.63) is 111 Å². The van der Waals surface area contributed by atoms with Crippen LogP contribution in [-0.2, 0) is 4.79 Å². The third-order valence-electron chi connectivity index (χ3n) is 4.80. The number of carbonyl (C=O) groups is 2. The molecule has 0 aromatic heterocycles. The summed E-state index contributed by atoms with van der Waals surface area (Å²) in [5.41, 5.74) is 3.68. The smallest absolute Gasteiger partial charge is 0.287 e. The minimum absolute atomic E-state index is 0.0232. The standard InChI is InChI=1S/C25H22FN5O4/c1-30(2)21-12-10-17(11-13-21)14-22(28-24(32)18-7-5-8-20(26)15-18)25(33)29-27-16-19-6-3-4-9-23(19)31(34)35/h3-16H,1-2H3,(H,28,32)(H,29,33). The van der Waals surface area contributed by atoms with Crippen molar-refractivity contribution in [1.29, 1.82) is 0 Å². The minimum atomic E-state index is -0.777. The van der Waals surface area contributed by atoms with Crippen LogP contribution >= 0.6 is 0 Å². The minimum Gasteiger partial charge on any atom is -0.378 e. The molecule has 0 bridgehead atoms. The fraction of sp³-hybridized carbons (Fsp3) is 0.0800. The number of hydrogen-bond acceptors (Lipinski definition) is 6. The van der Waals surface area contributed by atoms with E-state index in [-0.39, 0.29) is 22.5 Å². The first kappa shape index (κ1) is 24.8. The molecule has 0 aliphatic carbocycles. The molecule has 3 aromatic carbocycles. The van der Waals surface area contributed by atoms with Crippen molar-refractivity contribution < 1.29 is 18.9 Å². The molecule has 0 radical (unpaired) electrons. The van der Waals surface area contributed by atoms with E-state index in [0.29, 0.717) is 5.56 Å². The van der Waals surface area contributed by atoms with E-state index >= 15 is 0 Å². The number of nitrogens with zero attached hydrogens (tertiary/aromatic N) is 3. The fourth-order valence-electron chi connectivity index (χ4n) is 3.00. The van der Waals surface area contributed by atoms with Crippen molar-refractivity contribution in [2.45, 2.75) is 0 Å². The molecule has 3 rings (SSSR count). The lowest BCUT2D eigenvalue weighted by atomic mass is 10.1. The van der Waals surface area contributed by atoms with Crippen LogP contribution < -0.4 is 15.6 Å². The lowest BCUT2D eigenvalue weighted by molar-refractivity contribution is -0.385. The second-order valence-electron chi connectivity index (χ2n) is 7.52. The second kappa shape index (κ2) is 11.3. The predicted molar refractivity (Wildman–Crippen MR) is 131 cm³/mol. The van der Waals surface area contributed by atoms with Gasteiger partial charge in [-0.05, 0) is 48.0 Å². The summed E-state index contributed by atoms with van der Waals surface area (Å²) in [7, 11) is 3.77. The summed E-state index contributed by atoms with van der Waals surface area (Å²) in [5, 5.41) is 17.4. The molecule has 10 heteroatoms. The number of hydrogen-bond donors (Lipinski definition) is 2. The van der Waals surface area contributed by atoms with E-state index in [2.05, 4.69) is 15.8 Å². The van der Waals surface area contributed by atoms with Crippen LogP contribution in [0.5, 0.6) is 0 Å². The Morgan fingerprint density at radius 2 is 1.74 bits per heavy atom. The summed E-state index contributed by atoms with van der Waals surface area (Å²) < 4.78 is 13.5. The van der Waals surface area contributed by atoms with Gasteiger partial charge < -0.3 is 10.2 Å². The number of nitro groups is 1. The van der Waals surface area contributed by atoms with Crippen LogP contribution in [0.1, 0.15) is 21.5 Å². The normalized spacial score (nSPS) is 11.2. The van der Waals surface area contributed by atoms with Crippen LogP contribution in [0.15, 0.2) is 83.6 Å². The Bertz CT molecular complexity index is 1300. The molecule has 2 amide bonds. The van der Waals surface area contributed by atoms with E-state index in [9.17, 15) is 24.1 Å². The van der Waals surface area contributed by atoms with Gasteiger partial charge in [0, 0.05) is 31.4 Å². The zero-order chi connectivity index (χ0) is 25.4. The van der Waals surface area contributed by atoms with Gasteiger partial charge in [0.1, 0.15) is 11.5 Å². The quantitative estimate of drug-likeness (QED) is 0.223. The third kappa shape index (κ3) is 6.81. The van der Waals surface area contributed by atoms with Crippen LogP contribution in [0.2, 0.25) is 0 Å². The van der Waals surface area contributed by atoms with Crippen molar-refractivity contribution in [1.82, 2.24) is 10.7 Å². The molecule has 35 heavy (non-hydrogen) atoms. The number of anilines is 1. The first-order valence-electron chi connectivity index (χ1n) is 10.4. The van der Waals surface area contributed by atoms with Crippen LogP contribution in [0.25, 0.3) is 6.08 Å². The van der Waals surface area contributed by atoms with Gasteiger partial charge in [0.25, 0.3) is 17.5 Å². The summed E-state index contributed by atoms with van der Waals surface area (Å²) in [4.78, 5) is 38.0. The maximum Gasteiger partial charge on any atom is 0.287 e. The van der Waals surface area contributed by atoms with Crippen LogP contribution in [0.4, 0.5) is 15.8 Å². The summed E-state index contributed by atoms with van der Waals surface area (Å²) in [6, 6.07) is 18.1. The van der Waals surface area contributed by atoms with Gasteiger partial charge in [0.2, 0.25) is 0 Å². The van der Waals surface area contributed by atoms with Gasteiger partial charge in [-0.1, -0.05) is 30.3 Å². The largest absolute Gasteiger partial charge is 0.378 e. The van der Waals surface area contributed by atoms with Gasteiger partial charge in [-0.3, -0.25) is 19.7 Å². The molecule has 0 heterocycles. The van der Waals surface area contributed by atoms with E-state index in [1.807, 2.05) is 31.1 Å². The summed E-state index contributed by atoms with van der Waals surface area (Å²) in [5.74, 6) is -2.07. The molecule has 9 nitrogen and oxygen atoms in total. The van der Waals surface area contributed by atoms with Gasteiger partial charge in [0.15, 0.2) is 0 Å². The van der Waals surface area contributed by atoms with Crippen LogP contribution in [0.3, 0.4) is 0 Å². The van der Waals surface area contributed by atoms with E-state index in [4.69, 9.17) is 0 Å². The molecular formula is C25H22FN5O4. The first-order valence-corrected chi connectivity index (χ1v) is 10.4. The maximum atomic E-state index is 13.5. The van der Waals surface area contributed by atoms with Crippen molar-refractivity contribution in [3.8, 4) is 0 Å². The Balaban J connectivity index is 1.86. The van der Waals surface area contributed by atoms with Crippen molar-refractivity contribution in [2.75, 3.05) is 19.0 Å². The Morgan fingerprint density at radius 3 is 2.40 bits per heavy atom. The number of hydrazone groups is 1. The van der Waals surface area contributed by atoms with Crippen molar-refractivity contribution in [3.63, 3.8) is 0 Å². The van der Waals surface area contributed by atoms with E-state index in [0.717, 1.165) is 18.0 Å². The van der Waals surface area contributed by atoms with Gasteiger partial charge in [-0.25, -0.2) is 9.82 Å². The second-order valence-corrected chi connectivity index (χ2v) is 7.52. The molecule has 0 aliphatic heterocycles. The van der Waals surface area contributed by atoms with Crippen LogP contribution in [-0.4, -0.2) is 37.0 Å². The topological polar surface area (TPSA) is 117 Å². The maximum absolute atomic E-state index is 13.5. The SMILES string of the molecule is CN(C)c1ccc(C=C(NC(=O)c2cccc(F)c2)C(=O)NN=Cc2ccccc2[N+](=O)[O-])cc1. The Labute approximate surface area is 200 Å². The summed E-state index contributed by atoms with van der Waals surface area (Å²) in [6.07, 6.45) is 2.57. The van der Waals surface area contributed by atoms with Gasteiger partial charge in [-0.15, -0.1) is 0 Å². The molecule has 3 aromatic rings. The van der Waals surface area contributed by atoms with Gasteiger partial charge >= 0.3 is 0 Å². The average Bonchev–Trinajstić information content (AvgIpc) is 2.84. The molecule has 0 aliphatic rings. The predicted octanol–water partition coefficient (Wildman–Crippen LogP) is 3.72. The Kier molecular flexibility index (Phi) is 8.02. The number of nitro benzene ring substituents is 1. The van der Waals surface area contributed by atoms with Crippen molar-refractivity contribution >= 4 is 35.5 Å². The van der Waals surface area contributed by atoms with E-state index < -0.39 is 22.6 Å². The molecule has 0 fully saturated rings. The Morgan fingerprint density at radius 1 is 1.03 bits per heavy atom. The average molecular weight is 475 g/mol. The molecule has 178 valence electrons. The molecular weight excluding hydrogens is 453 g/mol. The number of nitrogens with one attached hydrogen (secondary N) is 2. The highest BCUT2D eigenvalue weighted by atomic mass is 19.1. The number of carbonyl (C=O) groups excluding carboxylic acids is 2. The molecule has 2 N–H and O–H groups in total. The number of halogens is 1. The zero-order valence-corrected chi connectivity index (χ0v) is 18.9. The number of benzene rings is 3. The highest BCUT2D eigenvalue weighted by molar-refractivity contribution is 6.05. The highest BCUT2D eigenvalue weighted by Gasteiger charge is 2.16. The third-order valence-corrected chi connectivity index (χ3v) is 4.80. The lowest BCUT2D eigenvalue weighted by Crippen LogP contribution is -2.32. The molecule has 0 spiro atoms. The summed E-state index contributed by atoms with van der Waals surface area (Å²) >= 11 is 0. The first-order chi connectivity index (χ1) is 16.7. The monoisotopic (exact) mass is 475 g/mol. The number of amides is 2. The summed E-state index contributed by atoms with van der Waals surface area (Å²) in [6.45, 7) is 0. The fourth-order valence-corrected chi connectivity index (χ4v) is 3.00. The molecule has 0 atom stereocenters. The molecule has 0 saturated heterocycles. The molecule has 0 saturated carbocycles. The van der Waals surface area contributed by atoms with Crippen molar-refractivity contribution in [2.24, 2.45) is 5.10 Å².